The van der Waals surface area contributed by atoms with Crippen molar-refractivity contribution in [2.45, 2.75) is 44.1 Å². The van der Waals surface area contributed by atoms with Crippen LogP contribution in [-0.2, 0) is 12.0 Å². The summed E-state index contributed by atoms with van der Waals surface area (Å²) in [5, 5.41) is 32.8. The summed E-state index contributed by atoms with van der Waals surface area (Å²) >= 11 is 0. The van der Waals surface area contributed by atoms with Crippen molar-refractivity contribution in [1.82, 2.24) is 5.32 Å². The van der Waals surface area contributed by atoms with Crippen LogP contribution in [0.3, 0.4) is 0 Å². The number of phenols is 3. The molecule has 2 unspecified atom stereocenters. The molecule has 0 aliphatic heterocycles. The molecule has 5 heteroatoms. The van der Waals surface area contributed by atoms with Gasteiger partial charge < -0.3 is 20.6 Å². The van der Waals surface area contributed by atoms with Crippen LogP contribution in [0, 0.1) is 23.2 Å². The highest BCUT2D eigenvalue weighted by Crippen LogP contribution is 2.84. The summed E-state index contributed by atoms with van der Waals surface area (Å²) in [5.74, 6) is 2.56. The number of phenolic OH excluding ortho intramolecular Hbond substituents is 3. The van der Waals surface area contributed by atoms with Crippen LogP contribution < -0.4 is 5.32 Å². The normalized spacial score (nSPS) is 35.5. The van der Waals surface area contributed by atoms with Crippen molar-refractivity contribution in [3.8, 4) is 17.2 Å². The van der Waals surface area contributed by atoms with Crippen LogP contribution in [0.5, 0.6) is 17.2 Å². The first kappa shape index (κ1) is 17.2. The molecular weight excluding hydrogens is 366 g/mol. The first-order valence-corrected chi connectivity index (χ1v) is 10.5. The number of nitrogens with one attached hydrogen (secondary N) is 1. The quantitative estimate of drug-likeness (QED) is 0.638. The van der Waals surface area contributed by atoms with Gasteiger partial charge in [0, 0.05) is 34.7 Å². The maximum absolute atomic E-state index is 12.8. The average Bonchev–Trinajstić information content (AvgIpc) is 3.15. The minimum atomic E-state index is -0.229. The highest BCUT2D eigenvalue weighted by molar-refractivity contribution is 5.94. The summed E-state index contributed by atoms with van der Waals surface area (Å²) < 4.78 is 0. The lowest BCUT2D eigenvalue weighted by Gasteiger charge is -2.66. The van der Waals surface area contributed by atoms with Crippen LogP contribution in [0.15, 0.2) is 36.4 Å². The Hall–Kier alpha value is -2.69. The monoisotopic (exact) mass is 391 g/mol. The average molecular weight is 391 g/mol. The van der Waals surface area contributed by atoms with Gasteiger partial charge in [-0.25, -0.2) is 0 Å². The van der Waals surface area contributed by atoms with Gasteiger partial charge in [-0.2, -0.15) is 0 Å². The fourth-order valence-electron chi connectivity index (χ4n) is 7.47. The van der Waals surface area contributed by atoms with E-state index in [0.717, 1.165) is 36.2 Å². The zero-order valence-corrected chi connectivity index (χ0v) is 16.2. The van der Waals surface area contributed by atoms with Gasteiger partial charge in [0.05, 0.1) is 0 Å². The Kier molecular flexibility index (Phi) is 3.24. The fourth-order valence-corrected chi connectivity index (χ4v) is 7.47. The Labute approximate surface area is 169 Å². The largest absolute Gasteiger partial charge is 0.508 e. The maximum Gasteiger partial charge on any atom is 0.251 e. The number of rotatable bonds is 4. The third-order valence-corrected chi connectivity index (χ3v) is 8.68. The Morgan fingerprint density at radius 3 is 2.38 bits per heavy atom. The van der Waals surface area contributed by atoms with Crippen molar-refractivity contribution >= 4 is 5.91 Å². The van der Waals surface area contributed by atoms with Gasteiger partial charge in [-0.05, 0) is 85.6 Å². The second-order valence-corrected chi connectivity index (χ2v) is 9.77. The van der Waals surface area contributed by atoms with Gasteiger partial charge >= 0.3 is 0 Å². The smallest absolute Gasteiger partial charge is 0.251 e. The van der Waals surface area contributed by atoms with E-state index in [1.165, 1.54) is 31.4 Å². The van der Waals surface area contributed by atoms with E-state index >= 15 is 0 Å². The Bertz CT molecular complexity index is 1030. The first-order valence-electron chi connectivity index (χ1n) is 10.5. The molecule has 4 N–H and O–H groups in total. The third kappa shape index (κ3) is 2.13. The Balaban J connectivity index is 1.25. The highest BCUT2D eigenvalue weighted by atomic mass is 16.3. The molecule has 150 valence electrons. The molecule has 2 aromatic rings. The van der Waals surface area contributed by atoms with Gasteiger partial charge in [0.15, 0.2) is 0 Å². The minimum absolute atomic E-state index is 0.0159. The Morgan fingerprint density at radius 1 is 0.966 bits per heavy atom. The second kappa shape index (κ2) is 5.47. The molecule has 4 saturated carbocycles. The molecule has 0 heterocycles. The van der Waals surface area contributed by atoms with Crippen LogP contribution in [0.2, 0.25) is 0 Å². The molecular formula is C24H25NO4. The van der Waals surface area contributed by atoms with E-state index in [1.807, 2.05) is 6.07 Å². The second-order valence-electron chi connectivity index (χ2n) is 9.77. The van der Waals surface area contributed by atoms with Crippen LogP contribution in [-0.4, -0.2) is 21.2 Å². The summed E-state index contributed by atoms with van der Waals surface area (Å²) in [6.45, 7) is 0.168. The van der Waals surface area contributed by atoms with Gasteiger partial charge in [-0.15, -0.1) is 0 Å². The number of hydrogen-bond donors (Lipinski definition) is 4. The topological polar surface area (TPSA) is 89.8 Å². The SMILES string of the molecule is O=C(NCc1ccc(O)cc1O)c1ccc(O)c(C23CC4CC5CC(C2)C54C3)c1. The standard InChI is InChI=1S/C24H25NO4/c26-18-3-1-14(21(28)8-18)11-25-22(29)13-2-4-20(27)19(5-13)23-9-16-6-15-7-17(10-23)24(15,16)12-23/h1-5,8,15-17,26-28H,6-7,9-12H2,(H,25,29). The lowest BCUT2D eigenvalue weighted by molar-refractivity contribution is -0.175. The maximum atomic E-state index is 12.8. The van der Waals surface area contributed by atoms with Crippen molar-refractivity contribution in [2.75, 3.05) is 0 Å². The number of carbonyl (C=O) groups excluding carboxylic acids is 1. The zero-order valence-electron chi connectivity index (χ0n) is 16.2. The summed E-state index contributed by atoms with van der Waals surface area (Å²) in [6.07, 6.45) is 6.20. The van der Waals surface area contributed by atoms with E-state index in [1.54, 1.807) is 18.2 Å². The minimum Gasteiger partial charge on any atom is -0.508 e. The molecule has 29 heavy (non-hydrogen) atoms. The lowest BCUT2D eigenvalue weighted by Crippen LogP contribution is -2.59. The van der Waals surface area contributed by atoms with Gasteiger partial charge in [0.25, 0.3) is 5.91 Å². The van der Waals surface area contributed by atoms with Crippen LogP contribution in [0.1, 0.15) is 53.6 Å². The van der Waals surface area contributed by atoms with Crippen molar-refractivity contribution < 1.29 is 20.1 Å². The predicted octanol–water partition coefficient (Wildman–Crippen LogP) is 3.81. The van der Waals surface area contributed by atoms with Crippen LogP contribution in [0.4, 0.5) is 0 Å². The van der Waals surface area contributed by atoms with Crippen LogP contribution in [0.25, 0.3) is 0 Å². The summed E-state index contributed by atoms with van der Waals surface area (Å²) in [4.78, 5) is 12.8. The van der Waals surface area contributed by atoms with E-state index in [-0.39, 0.29) is 29.4 Å². The molecule has 5 nitrogen and oxygen atoms in total. The zero-order chi connectivity index (χ0) is 20.0. The third-order valence-electron chi connectivity index (χ3n) is 8.68. The number of carbonyl (C=O) groups is 1. The van der Waals surface area contributed by atoms with E-state index in [2.05, 4.69) is 5.32 Å². The van der Waals surface area contributed by atoms with Gasteiger partial charge in [0.2, 0.25) is 0 Å². The van der Waals surface area contributed by atoms with Crippen molar-refractivity contribution in [3.63, 3.8) is 0 Å². The number of benzene rings is 2. The molecule has 0 saturated heterocycles. The van der Waals surface area contributed by atoms with Gasteiger partial charge in [0.1, 0.15) is 17.2 Å². The predicted molar refractivity (Wildman–Crippen MR) is 107 cm³/mol. The Morgan fingerprint density at radius 2 is 1.72 bits per heavy atom. The molecule has 2 atom stereocenters. The molecule has 4 fully saturated rings. The molecule has 2 aromatic carbocycles. The first-order chi connectivity index (χ1) is 13.9. The van der Waals surface area contributed by atoms with Crippen molar-refractivity contribution in [3.05, 3.63) is 53.1 Å². The highest BCUT2D eigenvalue weighted by Gasteiger charge is 2.77. The molecule has 0 radical (unpaired) electrons. The molecule has 2 bridgehead atoms. The fraction of sp³-hybridized carbons (Fsp3) is 0.458. The number of hydrogen-bond acceptors (Lipinski definition) is 4. The van der Waals surface area contributed by atoms with Gasteiger partial charge in [-0.1, -0.05) is 0 Å². The molecule has 0 aromatic heterocycles. The van der Waals surface area contributed by atoms with E-state index in [9.17, 15) is 20.1 Å². The van der Waals surface area contributed by atoms with Gasteiger partial charge in [-0.3, -0.25) is 4.79 Å². The number of amides is 1. The van der Waals surface area contributed by atoms with E-state index in [4.69, 9.17) is 0 Å². The van der Waals surface area contributed by atoms with Crippen molar-refractivity contribution in [1.29, 1.82) is 0 Å². The summed E-state index contributed by atoms with van der Waals surface area (Å²) in [7, 11) is 0. The summed E-state index contributed by atoms with van der Waals surface area (Å²) in [5.41, 5.74) is 2.63. The molecule has 6 rings (SSSR count). The van der Waals surface area contributed by atoms with Crippen LogP contribution >= 0.6 is 0 Å². The molecule has 4 aliphatic rings. The molecule has 4 aliphatic carbocycles. The van der Waals surface area contributed by atoms with E-state index in [0.29, 0.717) is 22.3 Å². The van der Waals surface area contributed by atoms with E-state index < -0.39 is 0 Å². The van der Waals surface area contributed by atoms with Crippen molar-refractivity contribution in [2.24, 2.45) is 23.2 Å². The molecule has 1 spiro atoms. The summed E-state index contributed by atoms with van der Waals surface area (Å²) in [6, 6.07) is 9.54. The number of aromatic hydroxyl groups is 3. The number of fused-ring (bicyclic) bond motifs is 1. The lowest BCUT2D eigenvalue weighted by atomic mass is 9.38. The molecule has 1 amide bonds.